The van der Waals surface area contributed by atoms with Crippen molar-refractivity contribution in [3.8, 4) is 0 Å². The molecule has 2 heterocycles. The Morgan fingerprint density at radius 2 is 2.25 bits per heavy atom. The molecule has 0 saturated carbocycles. The highest BCUT2D eigenvalue weighted by atomic mass is 15.1. The Bertz CT molecular complexity index is 471. The highest BCUT2D eigenvalue weighted by Crippen LogP contribution is 2.21. The topological polar surface area (TPSA) is 42.7 Å². The average molecular weight is 218 g/mol. The van der Waals surface area contributed by atoms with Crippen molar-refractivity contribution < 1.29 is 0 Å². The lowest BCUT2D eigenvalue weighted by Gasteiger charge is -2.14. The van der Waals surface area contributed by atoms with E-state index in [0.717, 1.165) is 24.3 Å². The molecule has 0 bridgehead atoms. The lowest BCUT2D eigenvalue weighted by atomic mass is 10.2. The average Bonchev–Trinajstić information content (AvgIpc) is 2.69. The van der Waals surface area contributed by atoms with Crippen LogP contribution in [0.15, 0.2) is 18.5 Å². The van der Waals surface area contributed by atoms with Crippen molar-refractivity contribution in [2.45, 2.75) is 32.9 Å². The van der Waals surface area contributed by atoms with Crippen molar-refractivity contribution in [1.82, 2.24) is 19.9 Å². The van der Waals surface area contributed by atoms with Crippen LogP contribution >= 0.6 is 0 Å². The highest BCUT2D eigenvalue weighted by Gasteiger charge is 2.16. The van der Waals surface area contributed by atoms with Gasteiger partial charge >= 0.3 is 0 Å². The second-order valence-corrected chi connectivity index (χ2v) is 3.83. The molecule has 2 rings (SSSR count). The summed E-state index contributed by atoms with van der Waals surface area (Å²) < 4.78 is 2.25. The van der Waals surface area contributed by atoms with E-state index in [9.17, 15) is 0 Å². The van der Waals surface area contributed by atoms with Crippen molar-refractivity contribution >= 4 is 11.0 Å². The summed E-state index contributed by atoms with van der Waals surface area (Å²) in [5, 5.41) is 3.30. The molecule has 1 unspecified atom stereocenters. The van der Waals surface area contributed by atoms with E-state index in [1.54, 1.807) is 0 Å². The third-order valence-electron chi connectivity index (χ3n) is 2.96. The number of aromatic nitrogens is 3. The molecule has 86 valence electrons. The monoisotopic (exact) mass is 218 g/mol. The fourth-order valence-electron chi connectivity index (χ4n) is 2.11. The van der Waals surface area contributed by atoms with Crippen LogP contribution in [0.1, 0.15) is 32.1 Å². The van der Waals surface area contributed by atoms with Gasteiger partial charge in [0.2, 0.25) is 0 Å². The summed E-state index contributed by atoms with van der Waals surface area (Å²) in [5.41, 5.74) is 2.15. The molecule has 0 aliphatic carbocycles. The summed E-state index contributed by atoms with van der Waals surface area (Å²) in [7, 11) is 1.98. The molecule has 0 saturated heterocycles. The van der Waals surface area contributed by atoms with Crippen LogP contribution in [0.4, 0.5) is 0 Å². The Morgan fingerprint density at radius 3 is 2.88 bits per heavy atom. The number of hydrogen-bond donors (Lipinski definition) is 1. The van der Waals surface area contributed by atoms with E-state index in [2.05, 4.69) is 33.7 Å². The van der Waals surface area contributed by atoms with Crippen LogP contribution in [0.2, 0.25) is 0 Å². The molecule has 2 aromatic heterocycles. The number of imidazole rings is 1. The Hall–Kier alpha value is -1.42. The maximum absolute atomic E-state index is 4.66. The fourth-order valence-corrected chi connectivity index (χ4v) is 2.11. The molecule has 1 N–H and O–H groups in total. The van der Waals surface area contributed by atoms with Gasteiger partial charge in [-0.15, -0.1) is 0 Å². The van der Waals surface area contributed by atoms with E-state index in [-0.39, 0.29) is 0 Å². The maximum Gasteiger partial charge on any atom is 0.127 e. The molecule has 1 atom stereocenters. The number of pyridine rings is 1. The molecule has 0 aliphatic rings. The van der Waals surface area contributed by atoms with Crippen molar-refractivity contribution in [3.63, 3.8) is 0 Å². The third kappa shape index (κ3) is 1.69. The number of aryl methyl sites for hydroxylation is 1. The normalized spacial score (nSPS) is 13.2. The van der Waals surface area contributed by atoms with E-state index in [1.165, 1.54) is 5.52 Å². The van der Waals surface area contributed by atoms with E-state index in [0.29, 0.717) is 6.04 Å². The first-order chi connectivity index (χ1) is 7.81. The molecule has 0 spiro atoms. The Kier molecular flexibility index (Phi) is 3.19. The van der Waals surface area contributed by atoms with Crippen LogP contribution in [0.3, 0.4) is 0 Å². The minimum absolute atomic E-state index is 0.312. The number of hydrogen-bond acceptors (Lipinski definition) is 3. The van der Waals surface area contributed by atoms with Crippen LogP contribution in [0, 0.1) is 0 Å². The summed E-state index contributed by atoms with van der Waals surface area (Å²) in [4.78, 5) is 8.78. The summed E-state index contributed by atoms with van der Waals surface area (Å²) in [6.45, 7) is 5.25. The van der Waals surface area contributed by atoms with Crippen molar-refractivity contribution in [2.24, 2.45) is 0 Å². The molecule has 0 amide bonds. The summed E-state index contributed by atoms with van der Waals surface area (Å²) in [6, 6.07) is 2.34. The maximum atomic E-state index is 4.66. The molecule has 0 fully saturated rings. The second-order valence-electron chi connectivity index (χ2n) is 3.83. The molecular weight excluding hydrogens is 200 g/mol. The number of rotatable bonds is 4. The van der Waals surface area contributed by atoms with Crippen LogP contribution in [-0.2, 0) is 6.54 Å². The SMILES string of the molecule is CCC(NC)c1nc2cnccc2n1CC. The second kappa shape index (κ2) is 4.61. The predicted molar refractivity (Wildman–Crippen MR) is 65.3 cm³/mol. The van der Waals surface area contributed by atoms with E-state index in [1.807, 2.05) is 25.5 Å². The minimum Gasteiger partial charge on any atom is -0.327 e. The fraction of sp³-hybridized carbons (Fsp3) is 0.500. The molecule has 0 aromatic carbocycles. The van der Waals surface area contributed by atoms with Crippen molar-refractivity contribution in [1.29, 1.82) is 0 Å². The van der Waals surface area contributed by atoms with Crippen LogP contribution < -0.4 is 5.32 Å². The number of nitrogens with one attached hydrogen (secondary N) is 1. The van der Waals surface area contributed by atoms with Crippen LogP contribution in [0.5, 0.6) is 0 Å². The zero-order chi connectivity index (χ0) is 11.5. The summed E-state index contributed by atoms with van der Waals surface area (Å²) in [6.07, 6.45) is 4.68. The lowest BCUT2D eigenvalue weighted by Crippen LogP contribution is -2.19. The zero-order valence-corrected chi connectivity index (χ0v) is 10.1. The first-order valence-electron chi connectivity index (χ1n) is 5.79. The van der Waals surface area contributed by atoms with Gasteiger partial charge in [-0.25, -0.2) is 4.98 Å². The summed E-state index contributed by atoms with van der Waals surface area (Å²) in [5.74, 6) is 1.11. The Morgan fingerprint density at radius 1 is 1.44 bits per heavy atom. The van der Waals surface area contributed by atoms with Gasteiger partial charge in [-0.3, -0.25) is 4.98 Å². The molecule has 4 heteroatoms. The quantitative estimate of drug-likeness (QED) is 0.854. The van der Waals surface area contributed by atoms with Crippen molar-refractivity contribution in [3.05, 3.63) is 24.3 Å². The predicted octanol–water partition coefficient (Wildman–Crippen LogP) is 2.12. The summed E-state index contributed by atoms with van der Waals surface area (Å²) >= 11 is 0. The highest BCUT2D eigenvalue weighted by molar-refractivity contribution is 5.74. The van der Waals surface area contributed by atoms with Crippen LogP contribution in [-0.4, -0.2) is 21.6 Å². The first-order valence-corrected chi connectivity index (χ1v) is 5.79. The molecule has 0 radical (unpaired) electrons. The standard InChI is InChI=1S/C12H18N4/c1-4-9(13-3)12-15-10-8-14-7-6-11(10)16(12)5-2/h6-9,13H,4-5H2,1-3H3. The van der Waals surface area contributed by atoms with Gasteiger partial charge in [0.15, 0.2) is 0 Å². The minimum atomic E-state index is 0.312. The molecule has 4 nitrogen and oxygen atoms in total. The Labute approximate surface area is 95.7 Å². The van der Waals surface area contributed by atoms with Gasteiger partial charge in [-0.1, -0.05) is 6.92 Å². The van der Waals surface area contributed by atoms with E-state index in [4.69, 9.17) is 0 Å². The number of fused-ring (bicyclic) bond motifs is 1. The smallest absolute Gasteiger partial charge is 0.127 e. The lowest BCUT2D eigenvalue weighted by molar-refractivity contribution is 0.517. The first kappa shape index (κ1) is 11.1. The largest absolute Gasteiger partial charge is 0.327 e. The Balaban J connectivity index is 2.60. The van der Waals surface area contributed by atoms with E-state index < -0.39 is 0 Å². The van der Waals surface area contributed by atoms with Gasteiger partial charge in [0.25, 0.3) is 0 Å². The molecular formula is C12H18N4. The van der Waals surface area contributed by atoms with Gasteiger partial charge in [-0.2, -0.15) is 0 Å². The van der Waals surface area contributed by atoms with E-state index >= 15 is 0 Å². The number of nitrogens with zero attached hydrogens (tertiary/aromatic N) is 3. The van der Waals surface area contributed by atoms with Gasteiger partial charge in [0, 0.05) is 12.7 Å². The molecule has 0 aliphatic heterocycles. The zero-order valence-electron chi connectivity index (χ0n) is 10.1. The van der Waals surface area contributed by atoms with Crippen LogP contribution in [0.25, 0.3) is 11.0 Å². The van der Waals surface area contributed by atoms with Crippen molar-refractivity contribution in [2.75, 3.05) is 7.05 Å². The van der Waals surface area contributed by atoms with Gasteiger partial charge in [-0.05, 0) is 26.5 Å². The van der Waals surface area contributed by atoms with Gasteiger partial charge < -0.3 is 9.88 Å². The van der Waals surface area contributed by atoms with Gasteiger partial charge in [0.05, 0.1) is 17.8 Å². The third-order valence-corrected chi connectivity index (χ3v) is 2.96. The van der Waals surface area contributed by atoms with Gasteiger partial charge in [0.1, 0.15) is 11.3 Å². The molecule has 16 heavy (non-hydrogen) atoms. The molecule has 2 aromatic rings.